The molecule has 2 aliphatic rings. The van der Waals surface area contributed by atoms with E-state index in [0.29, 0.717) is 17.7 Å². The summed E-state index contributed by atoms with van der Waals surface area (Å²) < 4.78 is 52.3. The number of fused-ring (bicyclic) bond motifs is 13. The minimum Gasteiger partial charge on any atom is -0.494 e. The predicted octanol–water partition coefficient (Wildman–Crippen LogP) is 1.69. The van der Waals surface area contributed by atoms with E-state index in [-0.39, 0.29) is 24.3 Å². The molecule has 3 atom stereocenters. The van der Waals surface area contributed by atoms with E-state index in [2.05, 4.69) is 15.4 Å². The first-order valence-electron chi connectivity index (χ1n) is 12.2. The maximum atomic E-state index is 13.4. The number of carbonyl (C=O) groups excluding carboxylic acids is 3. The van der Waals surface area contributed by atoms with Gasteiger partial charge in [-0.3, -0.25) is 9.59 Å². The van der Waals surface area contributed by atoms with Gasteiger partial charge in [0.15, 0.2) is 0 Å². The summed E-state index contributed by atoms with van der Waals surface area (Å²) >= 11 is 0. The number of hydrogen-bond donors (Lipinski definition) is 3. The average molecular weight is 550 g/mol. The largest absolute Gasteiger partial charge is 0.494 e. The van der Waals surface area contributed by atoms with Gasteiger partial charge < -0.3 is 20.1 Å². The Balaban J connectivity index is 1.95. The van der Waals surface area contributed by atoms with E-state index in [0.717, 1.165) is 24.3 Å². The molecule has 10 nitrogen and oxygen atoms in total. The second kappa shape index (κ2) is 12.8. The molecule has 2 bridgehead atoms. The third-order valence-corrected chi connectivity index (χ3v) is 7.54. The van der Waals surface area contributed by atoms with Crippen molar-refractivity contribution >= 4 is 27.8 Å². The number of sulfonamides is 1. The van der Waals surface area contributed by atoms with Gasteiger partial charge >= 0.3 is 5.97 Å². The number of nitrogens with one attached hydrogen (secondary N) is 3. The zero-order chi connectivity index (χ0) is 27.9. The highest BCUT2D eigenvalue weighted by atomic mass is 32.2. The monoisotopic (exact) mass is 549 g/mol. The van der Waals surface area contributed by atoms with Crippen molar-refractivity contribution in [2.75, 3.05) is 13.7 Å². The molecule has 0 unspecified atom stereocenters. The molecule has 2 heterocycles. The number of benzene rings is 2. The molecule has 2 amide bonds. The van der Waals surface area contributed by atoms with Gasteiger partial charge in [-0.25, -0.2) is 17.6 Å². The molecule has 2 aromatic rings. The van der Waals surface area contributed by atoms with Crippen LogP contribution in [0.2, 0.25) is 0 Å². The summed E-state index contributed by atoms with van der Waals surface area (Å²) in [6.07, 6.45) is 0.660. The molecule has 0 saturated heterocycles. The molecule has 2 aromatic carbocycles. The standard InChI is InChI=1S/C26H32FN3O7S/c1-16(2)23-25(32)28-21(26(33)36-3)5-4-14-37-19-10-6-17(7-11-19)15-22(24(31)29-23)30-38(34,35)20-12-8-18(27)9-13-20/h6-13,16,21-23,30H,4-5,14-15H2,1-3H3,(H,28,32)(H,29,31)/t21-,22-,23-/m0/s1. The van der Waals surface area contributed by atoms with Crippen molar-refractivity contribution in [3.8, 4) is 5.75 Å². The van der Waals surface area contributed by atoms with E-state index in [9.17, 15) is 27.2 Å². The fraction of sp³-hybridized carbons (Fsp3) is 0.423. The number of carbonyl (C=O) groups is 3. The molecule has 0 aliphatic carbocycles. The molecule has 206 valence electrons. The fourth-order valence-electron chi connectivity index (χ4n) is 3.93. The minimum absolute atomic E-state index is 0.0379. The van der Waals surface area contributed by atoms with Gasteiger partial charge in [-0.05, 0) is 67.1 Å². The molecule has 0 spiro atoms. The van der Waals surface area contributed by atoms with Gasteiger partial charge in [-0.15, -0.1) is 0 Å². The lowest BCUT2D eigenvalue weighted by molar-refractivity contribution is -0.145. The highest BCUT2D eigenvalue weighted by molar-refractivity contribution is 7.89. The van der Waals surface area contributed by atoms with Gasteiger partial charge in [0.2, 0.25) is 21.8 Å². The molecule has 0 saturated carbocycles. The van der Waals surface area contributed by atoms with E-state index in [1.165, 1.54) is 7.11 Å². The van der Waals surface area contributed by atoms with Crippen LogP contribution >= 0.6 is 0 Å². The van der Waals surface area contributed by atoms with Crippen LogP contribution in [0.15, 0.2) is 53.4 Å². The van der Waals surface area contributed by atoms with Crippen LogP contribution in [0.4, 0.5) is 4.39 Å². The summed E-state index contributed by atoms with van der Waals surface area (Å²) in [4.78, 5) is 38.6. The van der Waals surface area contributed by atoms with Gasteiger partial charge in [-0.2, -0.15) is 4.72 Å². The summed E-state index contributed by atoms with van der Waals surface area (Å²) in [6, 6.07) is 7.65. The van der Waals surface area contributed by atoms with Crippen molar-refractivity contribution < 1.29 is 36.7 Å². The Labute approximate surface area is 221 Å². The van der Waals surface area contributed by atoms with Crippen LogP contribution in [-0.4, -0.2) is 58.0 Å². The summed E-state index contributed by atoms with van der Waals surface area (Å²) in [7, 11) is -3.01. The fourth-order valence-corrected chi connectivity index (χ4v) is 5.13. The number of hydrogen-bond acceptors (Lipinski definition) is 7. The van der Waals surface area contributed by atoms with E-state index in [1.54, 1.807) is 38.1 Å². The van der Waals surface area contributed by atoms with Crippen molar-refractivity contribution in [1.29, 1.82) is 0 Å². The molecule has 0 aromatic heterocycles. The molecule has 0 fully saturated rings. The number of methoxy groups -OCH3 is 1. The average Bonchev–Trinajstić information content (AvgIpc) is 2.88. The first kappa shape index (κ1) is 29.1. The molecule has 3 N–H and O–H groups in total. The maximum Gasteiger partial charge on any atom is 0.328 e. The zero-order valence-corrected chi connectivity index (χ0v) is 22.2. The number of esters is 1. The zero-order valence-electron chi connectivity index (χ0n) is 21.4. The molecule has 12 heteroatoms. The molecule has 0 radical (unpaired) electrons. The van der Waals surface area contributed by atoms with Gasteiger partial charge in [0, 0.05) is 0 Å². The normalized spacial score (nSPS) is 21.3. The minimum atomic E-state index is -4.22. The summed E-state index contributed by atoms with van der Waals surface area (Å²) in [6.45, 7) is 3.70. The SMILES string of the molecule is COC(=O)[C@@H]1CCCOc2ccc(cc2)C[C@H](NS(=O)(=O)c2ccc(F)cc2)C(=O)N[C@@H](C(C)C)C(=O)N1. The van der Waals surface area contributed by atoms with E-state index in [4.69, 9.17) is 9.47 Å². The maximum absolute atomic E-state index is 13.4. The summed E-state index contributed by atoms with van der Waals surface area (Å²) in [5.41, 5.74) is 0.641. The molecular formula is C26H32FN3O7S. The van der Waals surface area contributed by atoms with E-state index in [1.807, 2.05) is 0 Å². The Morgan fingerprint density at radius 2 is 1.71 bits per heavy atom. The second-order valence-corrected chi connectivity index (χ2v) is 11.0. The third-order valence-electron chi connectivity index (χ3n) is 6.06. The summed E-state index contributed by atoms with van der Waals surface area (Å²) in [5.74, 6) is -2.44. The van der Waals surface area contributed by atoms with Crippen molar-refractivity contribution in [2.24, 2.45) is 5.92 Å². The first-order valence-corrected chi connectivity index (χ1v) is 13.7. The number of halogens is 1. The van der Waals surface area contributed by atoms with Gasteiger partial charge in [0.05, 0.1) is 18.6 Å². The van der Waals surface area contributed by atoms with Crippen LogP contribution in [0.1, 0.15) is 32.3 Å². The van der Waals surface area contributed by atoms with Crippen LogP contribution in [-0.2, 0) is 35.6 Å². The Bertz CT molecular complexity index is 1230. The van der Waals surface area contributed by atoms with Crippen LogP contribution in [0, 0.1) is 11.7 Å². The van der Waals surface area contributed by atoms with Crippen molar-refractivity contribution in [3.05, 3.63) is 59.9 Å². The van der Waals surface area contributed by atoms with E-state index < -0.39 is 57.7 Å². The Morgan fingerprint density at radius 3 is 2.32 bits per heavy atom. The van der Waals surface area contributed by atoms with Crippen LogP contribution in [0.5, 0.6) is 5.75 Å². The van der Waals surface area contributed by atoms with Crippen LogP contribution in [0.25, 0.3) is 0 Å². The third kappa shape index (κ3) is 7.75. The molecule has 2 aliphatic heterocycles. The number of amides is 2. The Kier molecular flexibility index (Phi) is 9.81. The van der Waals surface area contributed by atoms with Crippen LogP contribution < -0.4 is 20.1 Å². The molecule has 38 heavy (non-hydrogen) atoms. The highest BCUT2D eigenvalue weighted by Crippen LogP contribution is 2.17. The molecular weight excluding hydrogens is 517 g/mol. The lowest BCUT2D eigenvalue weighted by Crippen LogP contribution is -2.57. The van der Waals surface area contributed by atoms with Gasteiger partial charge in [0.25, 0.3) is 0 Å². The van der Waals surface area contributed by atoms with Crippen molar-refractivity contribution in [1.82, 2.24) is 15.4 Å². The highest BCUT2D eigenvalue weighted by Gasteiger charge is 2.33. The second-order valence-electron chi connectivity index (χ2n) is 9.28. The quantitative estimate of drug-likeness (QED) is 0.482. The first-order chi connectivity index (χ1) is 18.0. The number of rotatable bonds is 5. The van der Waals surface area contributed by atoms with Crippen molar-refractivity contribution in [3.63, 3.8) is 0 Å². The summed E-state index contributed by atoms with van der Waals surface area (Å²) in [5, 5.41) is 5.27. The lowest BCUT2D eigenvalue weighted by atomic mass is 10.0. The van der Waals surface area contributed by atoms with Crippen molar-refractivity contribution in [2.45, 2.75) is 56.1 Å². The lowest BCUT2D eigenvalue weighted by Gasteiger charge is -2.27. The Morgan fingerprint density at radius 1 is 1.05 bits per heavy atom. The van der Waals surface area contributed by atoms with E-state index >= 15 is 0 Å². The van der Waals surface area contributed by atoms with Gasteiger partial charge in [-0.1, -0.05) is 26.0 Å². The Hall–Kier alpha value is -3.51. The topological polar surface area (TPSA) is 140 Å². The smallest absolute Gasteiger partial charge is 0.328 e. The van der Waals surface area contributed by atoms with Gasteiger partial charge in [0.1, 0.15) is 29.7 Å². The number of ether oxygens (including phenoxy) is 2. The molecule has 4 rings (SSSR count). The predicted molar refractivity (Wildman–Crippen MR) is 136 cm³/mol. The van der Waals surface area contributed by atoms with Crippen LogP contribution in [0.3, 0.4) is 0 Å².